The Morgan fingerprint density at radius 1 is 1.11 bits per heavy atom. The van der Waals surface area contributed by atoms with Gasteiger partial charge in [-0.3, -0.25) is 14.5 Å². The molecule has 0 aliphatic carbocycles. The lowest BCUT2D eigenvalue weighted by Crippen LogP contribution is -2.48. The largest absolute Gasteiger partial charge is 0.494 e. The molecule has 0 bridgehead atoms. The second-order valence-corrected chi connectivity index (χ2v) is 6.64. The number of anilines is 1. The van der Waals surface area contributed by atoms with Gasteiger partial charge in [-0.25, -0.2) is 0 Å². The van der Waals surface area contributed by atoms with E-state index in [1.54, 1.807) is 17.0 Å². The molecule has 3 rings (SSSR count). The lowest BCUT2D eigenvalue weighted by molar-refractivity contribution is -0.122. The number of rotatable bonds is 7. The summed E-state index contributed by atoms with van der Waals surface area (Å²) in [7, 11) is 0. The molecule has 0 radical (unpaired) electrons. The first-order valence-corrected chi connectivity index (χ1v) is 9.57. The van der Waals surface area contributed by atoms with Gasteiger partial charge < -0.3 is 10.1 Å². The number of hydrogen-bond acceptors (Lipinski definition) is 3. The third kappa shape index (κ3) is 4.13. The van der Waals surface area contributed by atoms with Gasteiger partial charge in [0.1, 0.15) is 11.8 Å². The van der Waals surface area contributed by atoms with Crippen molar-refractivity contribution in [1.29, 1.82) is 0 Å². The number of fused-ring (bicyclic) bond motifs is 1. The Bertz CT molecular complexity index is 801. The van der Waals surface area contributed by atoms with Crippen molar-refractivity contribution in [2.75, 3.05) is 18.1 Å². The van der Waals surface area contributed by atoms with Crippen LogP contribution in [0, 0.1) is 0 Å². The quantitative estimate of drug-likeness (QED) is 0.762. The zero-order chi connectivity index (χ0) is 19.2. The van der Waals surface area contributed by atoms with Crippen LogP contribution in [0.1, 0.15) is 42.6 Å². The molecule has 2 amide bonds. The molecule has 1 aliphatic rings. The van der Waals surface area contributed by atoms with Crippen LogP contribution in [0.3, 0.4) is 0 Å². The first kappa shape index (κ1) is 19.0. The minimum atomic E-state index is -0.518. The monoisotopic (exact) mass is 366 g/mol. The zero-order valence-electron chi connectivity index (χ0n) is 15.9. The van der Waals surface area contributed by atoms with E-state index in [2.05, 4.69) is 12.2 Å². The maximum atomic E-state index is 13.2. The molecule has 142 valence electrons. The van der Waals surface area contributed by atoms with E-state index in [0.717, 1.165) is 29.8 Å². The summed E-state index contributed by atoms with van der Waals surface area (Å²) in [6, 6.07) is 14.3. The Morgan fingerprint density at radius 2 is 1.85 bits per heavy atom. The highest BCUT2D eigenvalue weighted by Crippen LogP contribution is 2.33. The summed E-state index contributed by atoms with van der Waals surface area (Å²) in [6.45, 7) is 5.20. The van der Waals surface area contributed by atoms with Crippen LogP contribution < -0.4 is 15.0 Å². The van der Waals surface area contributed by atoms with Crippen LogP contribution in [0.4, 0.5) is 5.69 Å². The van der Waals surface area contributed by atoms with E-state index in [9.17, 15) is 9.59 Å². The van der Waals surface area contributed by atoms with Crippen molar-refractivity contribution in [3.8, 4) is 5.75 Å². The van der Waals surface area contributed by atoms with Gasteiger partial charge in [-0.15, -0.1) is 0 Å². The average Bonchev–Trinajstić information content (AvgIpc) is 3.08. The minimum absolute atomic E-state index is 0.124. The fourth-order valence-corrected chi connectivity index (χ4v) is 3.31. The first-order chi connectivity index (χ1) is 13.2. The van der Waals surface area contributed by atoms with Gasteiger partial charge in [0.2, 0.25) is 5.91 Å². The predicted molar refractivity (Wildman–Crippen MR) is 106 cm³/mol. The molecule has 2 aromatic carbocycles. The molecule has 1 aliphatic heterocycles. The number of nitrogens with zero attached hydrogens (tertiary/aromatic N) is 1. The fourth-order valence-electron chi connectivity index (χ4n) is 3.31. The van der Waals surface area contributed by atoms with Gasteiger partial charge in [-0.1, -0.05) is 31.5 Å². The molecule has 0 unspecified atom stereocenters. The Labute approximate surface area is 160 Å². The van der Waals surface area contributed by atoms with Gasteiger partial charge in [-0.05, 0) is 49.2 Å². The molecule has 0 aromatic heterocycles. The van der Waals surface area contributed by atoms with Crippen molar-refractivity contribution < 1.29 is 14.3 Å². The summed E-state index contributed by atoms with van der Waals surface area (Å²) in [6.07, 6.45) is 2.61. The van der Waals surface area contributed by atoms with Gasteiger partial charge in [0.25, 0.3) is 5.91 Å². The van der Waals surface area contributed by atoms with Crippen LogP contribution in [0.15, 0.2) is 48.5 Å². The molecule has 1 N–H and O–H groups in total. The van der Waals surface area contributed by atoms with Gasteiger partial charge in [0.05, 0.1) is 6.61 Å². The van der Waals surface area contributed by atoms with Crippen LogP contribution in [-0.4, -0.2) is 31.0 Å². The molecule has 0 saturated heterocycles. The summed E-state index contributed by atoms with van der Waals surface area (Å²) < 4.78 is 5.67. The minimum Gasteiger partial charge on any atom is -0.494 e. The van der Waals surface area contributed by atoms with Crippen molar-refractivity contribution in [3.63, 3.8) is 0 Å². The topological polar surface area (TPSA) is 58.6 Å². The molecular formula is C22H26N2O3. The van der Waals surface area contributed by atoms with E-state index in [1.807, 2.05) is 43.3 Å². The van der Waals surface area contributed by atoms with Crippen molar-refractivity contribution >= 4 is 17.5 Å². The predicted octanol–water partition coefficient (Wildman–Crippen LogP) is 3.57. The Kier molecular flexibility index (Phi) is 6.12. The maximum Gasteiger partial charge on any atom is 0.259 e. The molecule has 27 heavy (non-hydrogen) atoms. The number of hydrogen-bond donors (Lipinski definition) is 1. The van der Waals surface area contributed by atoms with Crippen molar-refractivity contribution in [2.24, 2.45) is 0 Å². The number of benzene rings is 2. The Hall–Kier alpha value is -2.82. The SMILES string of the molecule is CCCCOc1ccc(C(=O)N2c3ccccc3C[C@H]2C(=O)NCC)cc1. The Morgan fingerprint density at radius 3 is 2.56 bits per heavy atom. The number of likely N-dealkylation sites (N-methyl/N-ethyl adjacent to an activating group) is 1. The highest BCUT2D eigenvalue weighted by atomic mass is 16.5. The summed E-state index contributed by atoms with van der Waals surface area (Å²) in [5.41, 5.74) is 2.37. The summed E-state index contributed by atoms with van der Waals surface area (Å²) in [4.78, 5) is 27.4. The number of carbonyl (C=O) groups excluding carboxylic acids is 2. The second-order valence-electron chi connectivity index (χ2n) is 6.64. The van der Waals surface area contributed by atoms with Crippen LogP contribution >= 0.6 is 0 Å². The number of unbranched alkanes of at least 4 members (excludes halogenated alkanes) is 1. The van der Waals surface area contributed by atoms with Gasteiger partial charge in [0.15, 0.2) is 0 Å². The highest BCUT2D eigenvalue weighted by molar-refractivity contribution is 6.11. The maximum absolute atomic E-state index is 13.2. The third-order valence-electron chi connectivity index (χ3n) is 4.72. The van der Waals surface area contributed by atoms with Crippen LogP contribution in [0.5, 0.6) is 5.75 Å². The number of ether oxygens (including phenoxy) is 1. The molecule has 2 aromatic rings. The highest BCUT2D eigenvalue weighted by Gasteiger charge is 2.38. The number of para-hydroxylation sites is 1. The smallest absolute Gasteiger partial charge is 0.259 e. The van der Waals surface area contributed by atoms with E-state index >= 15 is 0 Å². The van der Waals surface area contributed by atoms with E-state index in [-0.39, 0.29) is 11.8 Å². The molecule has 0 spiro atoms. The third-order valence-corrected chi connectivity index (χ3v) is 4.72. The fraction of sp³-hybridized carbons (Fsp3) is 0.364. The summed E-state index contributed by atoms with van der Waals surface area (Å²) >= 11 is 0. The second kappa shape index (κ2) is 8.71. The number of carbonyl (C=O) groups is 2. The van der Waals surface area contributed by atoms with E-state index < -0.39 is 6.04 Å². The normalized spacial score (nSPS) is 15.3. The van der Waals surface area contributed by atoms with E-state index in [1.165, 1.54) is 0 Å². The molecule has 1 atom stereocenters. The van der Waals surface area contributed by atoms with E-state index in [0.29, 0.717) is 25.1 Å². The van der Waals surface area contributed by atoms with Gasteiger partial charge in [0, 0.05) is 24.2 Å². The van der Waals surface area contributed by atoms with E-state index in [4.69, 9.17) is 4.74 Å². The molecule has 1 heterocycles. The van der Waals surface area contributed by atoms with Crippen molar-refractivity contribution in [1.82, 2.24) is 5.32 Å². The lowest BCUT2D eigenvalue weighted by Gasteiger charge is -2.25. The zero-order valence-corrected chi connectivity index (χ0v) is 15.9. The summed E-state index contributed by atoms with van der Waals surface area (Å²) in [5, 5.41) is 2.84. The first-order valence-electron chi connectivity index (χ1n) is 9.57. The van der Waals surface area contributed by atoms with Crippen molar-refractivity contribution in [3.05, 3.63) is 59.7 Å². The van der Waals surface area contributed by atoms with Crippen molar-refractivity contribution in [2.45, 2.75) is 39.2 Å². The summed E-state index contributed by atoms with van der Waals surface area (Å²) in [5.74, 6) is 0.458. The number of nitrogens with one attached hydrogen (secondary N) is 1. The number of amides is 2. The molecule has 0 fully saturated rings. The average molecular weight is 366 g/mol. The molecular weight excluding hydrogens is 340 g/mol. The van der Waals surface area contributed by atoms with Crippen LogP contribution in [-0.2, 0) is 11.2 Å². The van der Waals surface area contributed by atoms with Crippen LogP contribution in [0.2, 0.25) is 0 Å². The lowest BCUT2D eigenvalue weighted by atomic mass is 10.1. The molecule has 0 saturated carbocycles. The standard InChI is InChI=1S/C22H26N2O3/c1-3-5-14-27-18-12-10-16(11-13-18)22(26)24-19-9-7-6-8-17(19)15-20(24)21(25)23-4-2/h6-13,20H,3-5,14-15H2,1-2H3,(H,23,25)/t20-/m0/s1. The van der Waals surface area contributed by atoms with Gasteiger partial charge in [-0.2, -0.15) is 0 Å². The van der Waals surface area contributed by atoms with Crippen LogP contribution in [0.25, 0.3) is 0 Å². The molecule has 5 heteroatoms. The van der Waals surface area contributed by atoms with Gasteiger partial charge >= 0.3 is 0 Å². The molecule has 5 nitrogen and oxygen atoms in total. The Balaban J connectivity index is 1.83.